The van der Waals surface area contributed by atoms with Crippen LogP contribution >= 0.6 is 0 Å². The fraction of sp³-hybridized carbons (Fsp3) is 0.160. The van der Waals surface area contributed by atoms with Gasteiger partial charge < -0.3 is 10.1 Å². The molecule has 0 saturated carbocycles. The smallest absolute Gasteiger partial charge is 0.591 e. The normalized spacial score (nSPS) is 10.7. The van der Waals surface area contributed by atoms with E-state index in [4.69, 9.17) is 4.74 Å². The number of amides is 1. The molecule has 0 fully saturated rings. The van der Waals surface area contributed by atoms with Gasteiger partial charge in [-0.2, -0.15) is 0 Å². The van der Waals surface area contributed by atoms with Crippen LogP contribution in [0.3, 0.4) is 0 Å². The molecule has 1 unspecified atom stereocenters. The molecule has 0 saturated heterocycles. The Morgan fingerprint density at radius 3 is 1.81 bits per heavy atom. The number of carbonyl (C=O) groups excluding carboxylic acids is 1. The van der Waals surface area contributed by atoms with Crippen LogP contribution in [0.4, 0.5) is 10.5 Å². The summed E-state index contributed by atoms with van der Waals surface area (Å²) in [6, 6.07) is 29.3. The zero-order chi connectivity index (χ0) is 20.9. The maximum atomic E-state index is 11.8. The molecule has 3 aromatic carbocycles. The number of para-hydroxylation sites is 1. The molecule has 3 rings (SSSR count). The molecule has 0 aliphatic carbocycles. The van der Waals surface area contributed by atoms with E-state index >= 15 is 0 Å². The van der Waals surface area contributed by atoms with E-state index in [1.54, 1.807) is 12.1 Å². The van der Waals surface area contributed by atoms with Gasteiger partial charge in [0.2, 0.25) is 6.09 Å². The van der Waals surface area contributed by atoms with Gasteiger partial charge in [0.25, 0.3) is 0 Å². The molecule has 2 radical (unpaired) electrons. The Kier molecular flexibility index (Phi) is 15.6. The Balaban J connectivity index is 0.000000695. The van der Waals surface area contributed by atoms with Crippen molar-refractivity contribution in [3.8, 4) is 0 Å². The van der Waals surface area contributed by atoms with Crippen molar-refractivity contribution in [2.45, 2.75) is 26.1 Å². The van der Waals surface area contributed by atoms with Gasteiger partial charge in [-0.1, -0.05) is 115 Å². The minimum atomic E-state index is -0.594. The summed E-state index contributed by atoms with van der Waals surface area (Å²) in [5, 5.41) is 5.43. The standard InChI is InChI=1S/C17H17NO2.C8H11Si.Cu.Li/c1-2-9-16(14-10-5-3-6-11-14)20-17(19)18-15-12-7-4-8-13-15;1-9(2)8-6-4-3-5-7-8;;/h2-13,16H,1H3,(H,18,19);3-7H,1-2H3;;/q;;;+1/p-1/b9-2-;;;. The van der Waals surface area contributed by atoms with Gasteiger partial charge in [-0.25, -0.2) is 0 Å². The number of benzene rings is 3. The number of rotatable bonds is 5. The first-order chi connectivity index (χ1) is 14.1. The van der Waals surface area contributed by atoms with Gasteiger partial charge in [-0.15, -0.1) is 5.69 Å². The summed E-state index contributed by atoms with van der Waals surface area (Å²) in [6.45, 7) is 6.50. The molecule has 1 atom stereocenters. The van der Waals surface area contributed by atoms with Crippen LogP contribution in [0.1, 0.15) is 18.6 Å². The summed E-state index contributed by atoms with van der Waals surface area (Å²) in [7, 11) is -0.212. The van der Waals surface area contributed by atoms with Gasteiger partial charge in [-0.3, -0.25) is 4.79 Å². The van der Waals surface area contributed by atoms with Crippen LogP contribution in [0.5, 0.6) is 0 Å². The minimum Gasteiger partial charge on any atom is -0.591 e. The fourth-order valence-electron chi connectivity index (χ4n) is 2.55. The van der Waals surface area contributed by atoms with Crippen molar-refractivity contribution < 1.29 is 45.5 Å². The Bertz CT molecular complexity index is 878. The molecule has 31 heavy (non-hydrogen) atoms. The van der Waals surface area contributed by atoms with E-state index in [9.17, 15) is 4.79 Å². The molecule has 3 aromatic rings. The van der Waals surface area contributed by atoms with E-state index in [1.807, 2.05) is 67.6 Å². The van der Waals surface area contributed by atoms with Crippen molar-refractivity contribution in [1.29, 1.82) is 0 Å². The average Bonchev–Trinajstić information content (AvgIpc) is 2.76. The number of ether oxygens (including phenoxy) is 1. The van der Waals surface area contributed by atoms with Crippen molar-refractivity contribution in [2.75, 3.05) is 0 Å². The molecular weight excluding hydrogens is 445 g/mol. The topological polar surface area (TPSA) is 40.4 Å². The minimum absolute atomic E-state index is 0. The summed E-state index contributed by atoms with van der Waals surface area (Å²) in [5.41, 5.74) is 1.51. The number of nitrogens with zero attached hydrogens (tertiary/aromatic N) is 1. The van der Waals surface area contributed by atoms with Crippen LogP contribution in [-0.2, 0) is 21.8 Å². The third-order valence-electron chi connectivity index (χ3n) is 4.05. The second kappa shape index (κ2) is 16.7. The summed E-state index contributed by atoms with van der Waals surface area (Å²) in [4.78, 5) is 11.8. The SMILES string of the molecule is C/C=C\C(OC(=O)[N-]c1ccccc1)c1ccccc1.C[Si](C)c1ccccc1.[Cu].[Li+]. The van der Waals surface area contributed by atoms with Gasteiger partial charge in [0.05, 0.1) is 8.80 Å². The summed E-state index contributed by atoms with van der Waals surface area (Å²) < 4.78 is 5.39. The fourth-order valence-corrected chi connectivity index (χ4v) is 3.41. The molecule has 1 amide bonds. The molecule has 0 aliphatic rings. The molecular formula is C25H27CuLiNO2Si. The maximum absolute atomic E-state index is 11.8. The van der Waals surface area contributed by atoms with Crippen molar-refractivity contribution >= 4 is 25.8 Å². The molecule has 6 heteroatoms. The summed E-state index contributed by atoms with van der Waals surface area (Å²) >= 11 is 0. The number of hydrogen-bond acceptors (Lipinski definition) is 2. The molecule has 0 aliphatic heterocycles. The molecule has 0 spiro atoms. The zero-order valence-corrected chi connectivity index (χ0v) is 20.4. The van der Waals surface area contributed by atoms with Crippen LogP contribution in [0.25, 0.3) is 5.32 Å². The average molecular weight is 472 g/mol. The van der Waals surface area contributed by atoms with Crippen molar-refractivity contribution in [3.05, 3.63) is 114 Å². The van der Waals surface area contributed by atoms with Crippen molar-refractivity contribution in [2.24, 2.45) is 0 Å². The first-order valence-corrected chi connectivity index (χ1v) is 12.1. The van der Waals surface area contributed by atoms with Crippen LogP contribution in [0.15, 0.2) is 103 Å². The Labute approximate surface area is 210 Å². The van der Waals surface area contributed by atoms with Crippen molar-refractivity contribution in [1.82, 2.24) is 0 Å². The molecule has 0 heterocycles. The van der Waals surface area contributed by atoms with E-state index < -0.39 is 12.2 Å². The molecule has 0 N–H and O–H groups in total. The Morgan fingerprint density at radius 1 is 0.871 bits per heavy atom. The predicted molar refractivity (Wildman–Crippen MR) is 123 cm³/mol. The zero-order valence-electron chi connectivity index (χ0n) is 18.5. The maximum Gasteiger partial charge on any atom is 1.00 e. The predicted octanol–water partition coefficient (Wildman–Crippen LogP) is 3.80. The Morgan fingerprint density at radius 2 is 1.35 bits per heavy atom. The number of carbonyl (C=O) groups is 1. The first kappa shape index (κ1) is 29.0. The van der Waals surface area contributed by atoms with Gasteiger partial charge in [0.15, 0.2) is 0 Å². The Hall–Kier alpha value is -2.00. The summed E-state index contributed by atoms with van der Waals surface area (Å²) in [5.74, 6) is 0. The van der Waals surface area contributed by atoms with E-state index in [1.165, 1.54) is 5.19 Å². The van der Waals surface area contributed by atoms with E-state index in [0.717, 1.165) is 5.56 Å². The van der Waals surface area contributed by atoms with Crippen LogP contribution < -0.4 is 24.0 Å². The molecule has 0 aromatic heterocycles. The molecule has 160 valence electrons. The largest absolute Gasteiger partial charge is 1.00 e. The third kappa shape index (κ3) is 11.3. The van der Waals surface area contributed by atoms with Gasteiger partial charge in [0.1, 0.15) is 6.10 Å². The summed E-state index contributed by atoms with van der Waals surface area (Å²) in [6.07, 6.45) is 2.67. The third-order valence-corrected chi connectivity index (χ3v) is 5.54. The number of allylic oxidation sites excluding steroid dienone is 1. The second-order valence-electron chi connectivity index (χ2n) is 6.55. The van der Waals surface area contributed by atoms with Crippen LogP contribution in [-0.4, -0.2) is 14.9 Å². The van der Waals surface area contributed by atoms with Gasteiger partial charge in [-0.05, 0) is 18.6 Å². The van der Waals surface area contributed by atoms with Crippen LogP contribution in [0, 0.1) is 0 Å². The second-order valence-corrected chi connectivity index (χ2v) is 9.13. The van der Waals surface area contributed by atoms with E-state index in [-0.39, 0.29) is 44.7 Å². The van der Waals surface area contributed by atoms with Crippen molar-refractivity contribution in [3.63, 3.8) is 0 Å². The molecule has 3 nitrogen and oxygen atoms in total. The van der Waals surface area contributed by atoms with Gasteiger partial charge >= 0.3 is 18.9 Å². The molecule has 0 bridgehead atoms. The van der Waals surface area contributed by atoms with E-state index in [0.29, 0.717) is 5.69 Å². The quantitative estimate of drug-likeness (QED) is 0.419. The van der Waals surface area contributed by atoms with E-state index in [2.05, 4.69) is 48.7 Å². The van der Waals surface area contributed by atoms with Gasteiger partial charge in [0, 0.05) is 17.1 Å². The number of hydrogen-bond donors (Lipinski definition) is 0. The first-order valence-electron chi connectivity index (χ1n) is 9.61. The van der Waals surface area contributed by atoms with Crippen LogP contribution in [0.2, 0.25) is 13.1 Å². The monoisotopic (exact) mass is 471 g/mol.